The summed E-state index contributed by atoms with van der Waals surface area (Å²) in [7, 11) is 5.50. The van der Waals surface area contributed by atoms with Crippen LogP contribution in [0.4, 0.5) is 0 Å². The number of hydrogen-bond acceptors (Lipinski definition) is 6. The molecule has 0 aromatic carbocycles. The number of allylic oxidation sites excluding steroid dienone is 6. The van der Waals surface area contributed by atoms with E-state index in [-0.39, 0.29) is 36.2 Å². The van der Waals surface area contributed by atoms with Crippen molar-refractivity contribution in [2.24, 2.45) is 0 Å². The van der Waals surface area contributed by atoms with Gasteiger partial charge in [0.25, 0.3) is 0 Å². The molecule has 0 saturated carbocycles. The number of carbonyl (C=O) groups excluding carboxylic acids is 2. The summed E-state index contributed by atoms with van der Waals surface area (Å²) in [5, 5.41) is 9.56. The van der Waals surface area contributed by atoms with Crippen molar-refractivity contribution >= 4 is 17.9 Å². The largest absolute Gasteiger partial charge is 0.477 e. The maximum Gasteiger partial charge on any atom is 0.362 e. The lowest BCUT2D eigenvalue weighted by atomic mass is 10.1. The summed E-state index contributed by atoms with van der Waals surface area (Å²) in [6.45, 7) is 4.56. The summed E-state index contributed by atoms with van der Waals surface area (Å²) < 4.78 is 17.1. The number of carboxylic acids is 1. The molecule has 8 nitrogen and oxygen atoms in total. The van der Waals surface area contributed by atoms with Crippen molar-refractivity contribution in [3.8, 4) is 0 Å². The maximum absolute atomic E-state index is 12.6. The fourth-order valence-corrected chi connectivity index (χ4v) is 5.16. The first-order chi connectivity index (χ1) is 22.6. The van der Waals surface area contributed by atoms with Gasteiger partial charge >= 0.3 is 17.9 Å². The van der Waals surface area contributed by atoms with Crippen LogP contribution in [0.1, 0.15) is 142 Å². The van der Waals surface area contributed by atoms with Gasteiger partial charge in [0.2, 0.25) is 0 Å². The van der Waals surface area contributed by atoms with E-state index in [4.69, 9.17) is 14.2 Å². The minimum absolute atomic E-state index is 0.0531. The Kier molecular flexibility index (Phi) is 29.2. The molecule has 0 heterocycles. The second-order valence-corrected chi connectivity index (χ2v) is 13.5. The Morgan fingerprint density at radius 2 is 1.19 bits per heavy atom. The first-order valence-electron chi connectivity index (χ1n) is 18.5. The van der Waals surface area contributed by atoms with Crippen molar-refractivity contribution < 1.29 is 38.2 Å². The molecule has 0 aliphatic heterocycles. The highest BCUT2D eigenvalue weighted by molar-refractivity contribution is 5.72. The van der Waals surface area contributed by atoms with E-state index in [1.807, 2.05) is 21.1 Å². The Morgan fingerprint density at radius 3 is 1.77 bits per heavy atom. The lowest BCUT2D eigenvalue weighted by Crippen LogP contribution is -2.50. The number of rotatable bonds is 32. The van der Waals surface area contributed by atoms with Crippen molar-refractivity contribution in [1.29, 1.82) is 0 Å². The topological polar surface area (TPSA) is 99.1 Å². The molecule has 47 heavy (non-hydrogen) atoms. The molecule has 0 spiro atoms. The number of quaternary nitrogens is 1. The molecule has 0 aromatic heterocycles. The normalized spacial score (nSPS) is 13.5. The van der Waals surface area contributed by atoms with Gasteiger partial charge in [0.05, 0.1) is 34.4 Å². The van der Waals surface area contributed by atoms with Crippen molar-refractivity contribution in [3.63, 3.8) is 0 Å². The minimum Gasteiger partial charge on any atom is -0.477 e. The molecule has 0 radical (unpaired) electrons. The standard InChI is InChI=1S/C39H69NO7/c1-6-8-10-12-14-16-17-18-19-20-22-24-26-28-30-38(42)47-35(33-45-32-31-36(39(43)44)40(3,4)5)34-46-37(41)29-27-25-23-21-15-13-11-9-7-2/h8,10,14,16,18-19,35-36H,6-7,9,11-13,15,17,20-34H2,1-5H3/p+1/b10-8+,16-14+,19-18+. The predicted molar refractivity (Wildman–Crippen MR) is 192 cm³/mol. The Hall–Kier alpha value is -2.45. The van der Waals surface area contributed by atoms with Crippen LogP contribution in [0.5, 0.6) is 0 Å². The molecule has 0 bridgehead atoms. The molecule has 0 rings (SSSR count). The van der Waals surface area contributed by atoms with E-state index in [2.05, 4.69) is 50.3 Å². The third-order valence-corrected chi connectivity index (χ3v) is 8.05. The Balaban J connectivity index is 4.48. The molecular formula is C39H70NO7+. The summed E-state index contributed by atoms with van der Waals surface area (Å²) >= 11 is 0. The number of unbranched alkanes of at least 4 members (excludes halogenated alkanes) is 12. The molecule has 272 valence electrons. The summed E-state index contributed by atoms with van der Waals surface area (Å²) in [5.74, 6) is -1.50. The second kappa shape index (κ2) is 30.9. The fraction of sp³-hybridized carbons (Fsp3) is 0.769. The minimum atomic E-state index is -0.881. The molecule has 0 aliphatic rings. The summed E-state index contributed by atoms with van der Waals surface area (Å²) in [6.07, 6.45) is 31.9. The van der Waals surface area contributed by atoms with Crippen LogP contribution >= 0.6 is 0 Å². The van der Waals surface area contributed by atoms with Crippen LogP contribution in [0, 0.1) is 0 Å². The molecule has 0 aliphatic carbocycles. The lowest BCUT2D eigenvalue weighted by molar-refractivity contribution is -0.887. The first kappa shape index (κ1) is 44.5. The van der Waals surface area contributed by atoms with E-state index < -0.39 is 18.1 Å². The molecule has 2 atom stereocenters. The van der Waals surface area contributed by atoms with E-state index >= 15 is 0 Å². The van der Waals surface area contributed by atoms with Gasteiger partial charge in [0, 0.05) is 19.3 Å². The van der Waals surface area contributed by atoms with Gasteiger partial charge in [0.1, 0.15) is 6.61 Å². The van der Waals surface area contributed by atoms with Crippen molar-refractivity contribution in [2.75, 3.05) is 41.0 Å². The zero-order chi connectivity index (χ0) is 35.0. The van der Waals surface area contributed by atoms with E-state index in [0.29, 0.717) is 19.3 Å². The quantitative estimate of drug-likeness (QED) is 0.0331. The number of nitrogens with zero attached hydrogens (tertiary/aromatic N) is 1. The first-order valence-corrected chi connectivity index (χ1v) is 18.5. The van der Waals surface area contributed by atoms with Crippen LogP contribution in [0.15, 0.2) is 36.5 Å². The summed E-state index contributed by atoms with van der Waals surface area (Å²) in [4.78, 5) is 36.7. The number of aliphatic carboxylic acids is 1. The second-order valence-electron chi connectivity index (χ2n) is 13.5. The summed E-state index contributed by atoms with van der Waals surface area (Å²) in [5.41, 5.74) is 0. The Morgan fingerprint density at radius 1 is 0.660 bits per heavy atom. The van der Waals surface area contributed by atoms with Crippen LogP contribution in [0.2, 0.25) is 0 Å². The van der Waals surface area contributed by atoms with Gasteiger partial charge in [-0.2, -0.15) is 0 Å². The third kappa shape index (κ3) is 29.4. The van der Waals surface area contributed by atoms with E-state index in [9.17, 15) is 19.5 Å². The van der Waals surface area contributed by atoms with Gasteiger partial charge in [0.15, 0.2) is 12.1 Å². The van der Waals surface area contributed by atoms with Crippen molar-refractivity contribution in [2.45, 2.75) is 154 Å². The fourth-order valence-electron chi connectivity index (χ4n) is 5.16. The number of carboxylic acid groups (broad SMARTS) is 1. The molecule has 2 unspecified atom stereocenters. The zero-order valence-corrected chi connectivity index (χ0v) is 30.7. The van der Waals surface area contributed by atoms with Gasteiger partial charge in [-0.25, -0.2) is 4.79 Å². The molecule has 8 heteroatoms. The monoisotopic (exact) mass is 665 g/mol. The highest BCUT2D eigenvalue weighted by Crippen LogP contribution is 2.13. The Bertz CT molecular complexity index is 875. The van der Waals surface area contributed by atoms with Crippen LogP contribution in [0.25, 0.3) is 0 Å². The van der Waals surface area contributed by atoms with Gasteiger partial charge in [-0.3, -0.25) is 9.59 Å². The highest BCUT2D eigenvalue weighted by Gasteiger charge is 2.31. The molecular weight excluding hydrogens is 594 g/mol. The average molecular weight is 665 g/mol. The SMILES string of the molecule is CC/C=C/C/C=C/C/C=C/CCCCCCC(=O)OC(COCCC(C(=O)O)[N+](C)(C)C)COC(=O)CCCCCCCCCCC. The predicted octanol–water partition coefficient (Wildman–Crippen LogP) is 9.13. The van der Waals surface area contributed by atoms with Gasteiger partial charge in [-0.05, 0) is 44.9 Å². The van der Waals surface area contributed by atoms with Gasteiger partial charge in [-0.15, -0.1) is 0 Å². The molecule has 0 fully saturated rings. The van der Waals surface area contributed by atoms with Crippen LogP contribution in [-0.2, 0) is 28.6 Å². The maximum atomic E-state index is 12.6. The number of carbonyl (C=O) groups is 3. The van der Waals surface area contributed by atoms with E-state index in [1.165, 1.54) is 38.5 Å². The van der Waals surface area contributed by atoms with E-state index in [0.717, 1.165) is 70.6 Å². The molecule has 0 amide bonds. The van der Waals surface area contributed by atoms with Crippen molar-refractivity contribution in [3.05, 3.63) is 36.5 Å². The zero-order valence-electron chi connectivity index (χ0n) is 30.7. The number of hydrogen-bond donors (Lipinski definition) is 1. The molecule has 1 N–H and O–H groups in total. The highest BCUT2D eigenvalue weighted by atomic mass is 16.6. The number of likely N-dealkylation sites (N-methyl/N-ethyl adjacent to an activating group) is 1. The smallest absolute Gasteiger partial charge is 0.362 e. The summed E-state index contributed by atoms with van der Waals surface area (Å²) in [6, 6.07) is -0.615. The van der Waals surface area contributed by atoms with E-state index in [1.54, 1.807) is 0 Å². The molecule has 0 aromatic rings. The van der Waals surface area contributed by atoms with Crippen molar-refractivity contribution in [1.82, 2.24) is 0 Å². The average Bonchev–Trinajstić information content (AvgIpc) is 3.01. The number of esters is 2. The van der Waals surface area contributed by atoms with Gasteiger partial charge in [-0.1, -0.05) is 115 Å². The van der Waals surface area contributed by atoms with Crippen LogP contribution in [-0.4, -0.2) is 80.6 Å². The lowest BCUT2D eigenvalue weighted by Gasteiger charge is -2.31. The van der Waals surface area contributed by atoms with Gasteiger partial charge < -0.3 is 23.8 Å². The number of ether oxygens (including phenoxy) is 3. The van der Waals surface area contributed by atoms with Crippen LogP contribution < -0.4 is 0 Å². The van der Waals surface area contributed by atoms with Crippen LogP contribution in [0.3, 0.4) is 0 Å². The third-order valence-electron chi connectivity index (χ3n) is 8.05. The molecule has 0 saturated heterocycles. The Labute approximate surface area is 287 Å².